The van der Waals surface area contributed by atoms with Gasteiger partial charge in [-0.2, -0.15) is 0 Å². The molecule has 3 rings (SSSR count). The van der Waals surface area contributed by atoms with Gasteiger partial charge >= 0.3 is 0 Å². The third-order valence-corrected chi connectivity index (χ3v) is 3.59. The van der Waals surface area contributed by atoms with Gasteiger partial charge in [0.1, 0.15) is 0 Å². The molecule has 0 radical (unpaired) electrons. The summed E-state index contributed by atoms with van der Waals surface area (Å²) in [6, 6.07) is 9.85. The standard InChI is InChI=1S/C13H11BrN2O/c14-10-7-12(17)16(8-10)11-5-1-3-9-4-2-6-15-13(9)11/h1-6,10H,7-8H2. The number of para-hydroxylation sites is 1. The van der Waals surface area contributed by atoms with Crippen LogP contribution in [0.15, 0.2) is 36.5 Å². The molecule has 0 bridgehead atoms. The number of nitrogens with zero attached hydrogens (tertiary/aromatic N) is 2. The van der Waals surface area contributed by atoms with Crippen LogP contribution < -0.4 is 4.90 Å². The largest absolute Gasteiger partial charge is 0.309 e. The Morgan fingerprint density at radius 1 is 1.29 bits per heavy atom. The fourth-order valence-corrected chi connectivity index (χ4v) is 2.77. The van der Waals surface area contributed by atoms with Gasteiger partial charge in [-0.15, -0.1) is 0 Å². The lowest BCUT2D eigenvalue weighted by molar-refractivity contribution is -0.117. The number of benzene rings is 1. The lowest BCUT2D eigenvalue weighted by Crippen LogP contribution is -2.24. The number of hydrogen-bond acceptors (Lipinski definition) is 2. The highest BCUT2D eigenvalue weighted by atomic mass is 79.9. The molecule has 1 aliphatic rings. The minimum absolute atomic E-state index is 0.157. The van der Waals surface area contributed by atoms with Crippen LogP contribution in [0.1, 0.15) is 6.42 Å². The molecule has 1 atom stereocenters. The Morgan fingerprint density at radius 2 is 2.12 bits per heavy atom. The van der Waals surface area contributed by atoms with Crippen molar-refractivity contribution in [3.8, 4) is 0 Å². The fraction of sp³-hybridized carbons (Fsp3) is 0.231. The molecule has 1 unspecified atom stereocenters. The summed E-state index contributed by atoms with van der Waals surface area (Å²) < 4.78 is 0. The molecule has 1 saturated heterocycles. The van der Waals surface area contributed by atoms with Gasteiger partial charge in [-0.25, -0.2) is 0 Å². The van der Waals surface area contributed by atoms with Gasteiger partial charge in [0.05, 0.1) is 11.2 Å². The molecule has 1 amide bonds. The van der Waals surface area contributed by atoms with E-state index in [2.05, 4.69) is 20.9 Å². The summed E-state index contributed by atoms with van der Waals surface area (Å²) in [5.41, 5.74) is 1.81. The van der Waals surface area contributed by atoms with E-state index >= 15 is 0 Å². The SMILES string of the molecule is O=C1CC(Br)CN1c1cccc2cccnc12. The van der Waals surface area contributed by atoms with Crippen LogP contribution in [0.5, 0.6) is 0 Å². The molecule has 1 aliphatic heterocycles. The molecule has 17 heavy (non-hydrogen) atoms. The first kappa shape index (κ1) is 10.7. The highest BCUT2D eigenvalue weighted by Gasteiger charge is 2.29. The van der Waals surface area contributed by atoms with Gasteiger partial charge in [0.15, 0.2) is 0 Å². The van der Waals surface area contributed by atoms with Gasteiger partial charge < -0.3 is 4.90 Å². The average Bonchev–Trinajstić information content (AvgIpc) is 2.68. The quantitative estimate of drug-likeness (QED) is 0.757. The second-order valence-electron chi connectivity index (χ2n) is 4.16. The summed E-state index contributed by atoms with van der Waals surface area (Å²) in [6.07, 6.45) is 2.32. The number of rotatable bonds is 1. The number of carbonyl (C=O) groups is 1. The first-order valence-electron chi connectivity index (χ1n) is 5.54. The highest BCUT2D eigenvalue weighted by Crippen LogP contribution is 2.30. The topological polar surface area (TPSA) is 33.2 Å². The van der Waals surface area contributed by atoms with Gasteiger partial charge in [0, 0.05) is 29.4 Å². The van der Waals surface area contributed by atoms with E-state index in [1.165, 1.54) is 0 Å². The summed E-state index contributed by atoms with van der Waals surface area (Å²) in [6.45, 7) is 0.717. The van der Waals surface area contributed by atoms with Crippen molar-refractivity contribution in [3.63, 3.8) is 0 Å². The lowest BCUT2D eigenvalue weighted by atomic mass is 10.2. The third-order valence-electron chi connectivity index (χ3n) is 2.98. The van der Waals surface area contributed by atoms with Crippen molar-refractivity contribution in [1.29, 1.82) is 0 Å². The van der Waals surface area contributed by atoms with E-state index in [0.29, 0.717) is 13.0 Å². The Morgan fingerprint density at radius 3 is 2.88 bits per heavy atom. The first-order chi connectivity index (χ1) is 8.25. The van der Waals surface area contributed by atoms with Crippen LogP contribution in [-0.4, -0.2) is 22.3 Å². The molecule has 2 heterocycles. The Balaban J connectivity index is 2.14. The van der Waals surface area contributed by atoms with E-state index in [4.69, 9.17) is 0 Å². The van der Waals surface area contributed by atoms with E-state index in [0.717, 1.165) is 16.6 Å². The minimum Gasteiger partial charge on any atom is -0.309 e. The molecule has 2 aromatic rings. The van der Waals surface area contributed by atoms with Crippen molar-refractivity contribution < 1.29 is 4.79 Å². The minimum atomic E-state index is 0.157. The number of pyridine rings is 1. The summed E-state index contributed by atoms with van der Waals surface area (Å²) in [5.74, 6) is 0.157. The summed E-state index contributed by atoms with van der Waals surface area (Å²) in [4.78, 5) is 18.3. The van der Waals surface area contributed by atoms with Crippen LogP contribution in [0.2, 0.25) is 0 Å². The van der Waals surface area contributed by atoms with E-state index in [1.807, 2.05) is 35.2 Å². The van der Waals surface area contributed by atoms with Gasteiger partial charge in [-0.3, -0.25) is 9.78 Å². The fourth-order valence-electron chi connectivity index (χ4n) is 2.20. The molecule has 0 N–H and O–H groups in total. The molecule has 1 fully saturated rings. The smallest absolute Gasteiger partial charge is 0.228 e. The van der Waals surface area contributed by atoms with Gasteiger partial charge in [-0.05, 0) is 12.1 Å². The Hall–Kier alpha value is -1.42. The maximum atomic E-state index is 11.9. The zero-order valence-corrected chi connectivity index (χ0v) is 10.7. The Labute approximate surface area is 108 Å². The van der Waals surface area contributed by atoms with Crippen LogP contribution in [0.4, 0.5) is 5.69 Å². The maximum Gasteiger partial charge on any atom is 0.228 e. The average molecular weight is 291 g/mol. The Bertz CT molecular complexity index is 579. The van der Waals surface area contributed by atoms with Crippen LogP contribution >= 0.6 is 15.9 Å². The van der Waals surface area contributed by atoms with Crippen LogP contribution in [0.3, 0.4) is 0 Å². The predicted molar refractivity (Wildman–Crippen MR) is 71.4 cm³/mol. The van der Waals surface area contributed by atoms with Crippen molar-refractivity contribution in [1.82, 2.24) is 4.98 Å². The highest BCUT2D eigenvalue weighted by molar-refractivity contribution is 9.09. The summed E-state index contributed by atoms with van der Waals surface area (Å²) >= 11 is 3.50. The second-order valence-corrected chi connectivity index (χ2v) is 5.45. The van der Waals surface area contributed by atoms with Gasteiger partial charge in [0.2, 0.25) is 5.91 Å². The molecule has 0 saturated carbocycles. The van der Waals surface area contributed by atoms with Crippen LogP contribution in [-0.2, 0) is 4.79 Å². The first-order valence-corrected chi connectivity index (χ1v) is 6.45. The molecular weight excluding hydrogens is 280 g/mol. The molecule has 4 heteroatoms. The van der Waals surface area contributed by atoms with Crippen molar-refractivity contribution in [3.05, 3.63) is 36.5 Å². The summed E-state index contributed by atoms with van der Waals surface area (Å²) in [7, 11) is 0. The van der Waals surface area contributed by atoms with Crippen LogP contribution in [0.25, 0.3) is 10.9 Å². The molecule has 0 aliphatic carbocycles. The maximum absolute atomic E-state index is 11.9. The zero-order chi connectivity index (χ0) is 11.8. The number of aromatic nitrogens is 1. The molecule has 1 aromatic carbocycles. The van der Waals surface area contributed by atoms with Crippen molar-refractivity contribution in [2.75, 3.05) is 11.4 Å². The molecule has 1 aromatic heterocycles. The normalized spacial score (nSPS) is 20.2. The molecule has 86 valence electrons. The number of hydrogen-bond donors (Lipinski definition) is 0. The third kappa shape index (κ3) is 1.82. The number of carbonyl (C=O) groups excluding carboxylic acids is 1. The van der Waals surface area contributed by atoms with Gasteiger partial charge in [-0.1, -0.05) is 34.1 Å². The van der Waals surface area contributed by atoms with Gasteiger partial charge in [0.25, 0.3) is 0 Å². The van der Waals surface area contributed by atoms with E-state index < -0.39 is 0 Å². The zero-order valence-electron chi connectivity index (χ0n) is 9.14. The van der Waals surface area contributed by atoms with Crippen molar-refractivity contribution >= 4 is 38.4 Å². The monoisotopic (exact) mass is 290 g/mol. The Kier molecular flexibility index (Phi) is 2.59. The number of alkyl halides is 1. The van der Waals surface area contributed by atoms with E-state index in [1.54, 1.807) is 6.20 Å². The molecule has 3 nitrogen and oxygen atoms in total. The van der Waals surface area contributed by atoms with E-state index in [-0.39, 0.29) is 10.7 Å². The van der Waals surface area contributed by atoms with E-state index in [9.17, 15) is 4.79 Å². The number of amides is 1. The number of fused-ring (bicyclic) bond motifs is 1. The molecule has 0 spiro atoms. The van der Waals surface area contributed by atoms with Crippen LogP contribution in [0, 0.1) is 0 Å². The second kappa shape index (κ2) is 4.11. The summed E-state index contributed by atoms with van der Waals surface area (Å²) in [5, 5.41) is 1.07. The predicted octanol–water partition coefficient (Wildman–Crippen LogP) is 2.74. The number of halogens is 1. The number of anilines is 1. The van der Waals surface area contributed by atoms with Crippen molar-refractivity contribution in [2.24, 2.45) is 0 Å². The van der Waals surface area contributed by atoms with Crippen molar-refractivity contribution in [2.45, 2.75) is 11.2 Å². The molecular formula is C13H11BrN2O. The lowest BCUT2D eigenvalue weighted by Gasteiger charge is -2.17.